The second-order valence-corrected chi connectivity index (χ2v) is 5.61. The number of hydrogen-bond donors (Lipinski definition) is 2. The molecule has 1 fully saturated rings. The van der Waals surface area contributed by atoms with Crippen LogP contribution >= 0.6 is 0 Å². The Hall–Kier alpha value is -1.03. The highest BCUT2D eigenvalue weighted by Gasteiger charge is 2.30. The summed E-state index contributed by atoms with van der Waals surface area (Å²) in [6, 6.07) is 0.0985. The Morgan fingerprint density at radius 3 is 2.84 bits per heavy atom. The van der Waals surface area contributed by atoms with Crippen LogP contribution in [0.5, 0.6) is 0 Å². The predicted octanol–water partition coefficient (Wildman–Crippen LogP) is 2.70. The second kappa shape index (κ2) is 8.20. The van der Waals surface area contributed by atoms with Crippen molar-refractivity contribution in [1.82, 2.24) is 10.6 Å². The van der Waals surface area contributed by atoms with Gasteiger partial charge in [-0.05, 0) is 25.2 Å². The van der Waals surface area contributed by atoms with E-state index in [-0.39, 0.29) is 18.2 Å². The fourth-order valence-corrected chi connectivity index (χ4v) is 2.60. The summed E-state index contributed by atoms with van der Waals surface area (Å²) >= 11 is 0. The van der Waals surface area contributed by atoms with Gasteiger partial charge in [0.05, 0.1) is 6.10 Å². The van der Waals surface area contributed by atoms with Crippen LogP contribution < -0.4 is 10.6 Å². The molecule has 4 heteroatoms. The number of hydrogen-bond acceptors (Lipinski definition) is 2. The van der Waals surface area contributed by atoms with E-state index in [9.17, 15) is 4.79 Å². The average Bonchev–Trinajstić information content (AvgIpc) is 2.84. The van der Waals surface area contributed by atoms with Crippen molar-refractivity contribution in [2.24, 2.45) is 11.8 Å². The van der Waals surface area contributed by atoms with E-state index in [0.717, 1.165) is 25.9 Å². The first kappa shape index (κ1) is 16.0. The van der Waals surface area contributed by atoms with E-state index >= 15 is 0 Å². The van der Waals surface area contributed by atoms with Crippen molar-refractivity contribution >= 4 is 6.03 Å². The molecule has 1 rings (SSSR count). The van der Waals surface area contributed by atoms with Gasteiger partial charge in [-0.25, -0.2) is 4.79 Å². The predicted molar refractivity (Wildman–Crippen MR) is 78.1 cm³/mol. The van der Waals surface area contributed by atoms with Crippen LogP contribution in [-0.2, 0) is 4.74 Å². The molecule has 0 aliphatic carbocycles. The molecule has 4 nitrogen and oxygen atoms in total. The molecule has 0 unspecified atom stereocenters. The zero-order valence-corrected chi connectivity index (χ0v) is 12.4. The summed E-state index contributed by atoms with van der Waals surface area (Å²) in [7, 11) is 0. The number of rotatable bonds is 7. The molecule has 2 amide bonds. The normalized spacial score (nSPS) is 24.2. The number of nitrogens with one attached hydrogen (secondary N) is 2. The first-order chi connectivity index (χ1) is 9.08. The van der Waals surface area contributed by atoms with E-state index in [1.165, 1.54) is 0 Å². The van der Waals surface area contributed by atoms with Crippen molar-refractivity contribution in [3.05, 3.63) is 12.7 Å². The highest BCUT2D eigenvalue weighted by molar-refractivity contribution is 5.74. The van der Waals surface area contributed by atoms with Gasteiger partial charge in [-0.3, -0.25) is 0 Å². The molecule has 0 aromatic rings. The SMILES string of the molecule is C=CC[C@H](CC)NC(=O)NC[C@H]1CCO[C@@H]1C(C)C. The maximum Gasteiger partial charge on any atom is 0.315 e. The Morgan fingerprint density at radius 1 is 1.53 bits per heavy atom. The quantitative estimate of drug-likeness (QED) is 0.697. The Balaban J connectivity index is 2.31. The third-order valence-electron chi connectivity index (χ3n) is 3.72. The van der Waals surface area contributed by atoms with Crippen molar-refractivity contribution < 1.29 is 9.53 Å². The molecule has 0 aromatic carbocycles. The Bertz CT molecular complexity index is 292. The maximum absolute atomic E-state index is 11.8. The van der Waals surface area contributed by atoms with Crippen molar-refractivity contribution in [3.63, 3.8) is 0 Å². The van der Waals surface area contributed by atoms with Crippen LogP contribution in [0.25, 0.3) is 0 Å². The highest BCUT2D eigenvalue weighted by atomic mass is 16.5. The van der Waals surface area contributed by atoms with E-state index in [0.29, 0.717) is 18.4 Å². The van der Waals surface area contributed by atoms with Gasteiger partial charge in [-0.1, -0.05) is 26.8 Å². The molecule has 0 spiro atoms. The van der Waals surface area contributed by atoms with Crippen LogP contribution in [0, 0.1) is 11.8 Å². The minimum absolute atomic E-state index is 0.0805. The zero-order valence-electron chi connectivity index (χ0n) is 12.4. The van der Waals surface area contributed by atoms with Crippen LogP contribution in [0.2, 0.25) is 0 Å². The van der Waals surface area contributed by atoms with Crippen LogP contribution in [-0.4, -0.2) is 31.3 Å². The summed E-state index contributed by atoms with van der Waals surface area (Å²) in [5, 5.41) is 5.94. The van der Waals surface area contributed by atoms with Crippen LogP contribution in [0.4, 0.5) is 4.79 Å². The summed E-state index contributed by atoms with van der Waals surface area (Å²) in [6.45, 7) is 11.6. The summed E-state index contributed by atoms with van der Waals surface area (Å²) in [4.78, 5) is 11.8. The first-order valence-electron chi connectivity index (χ1n) is 7.35. The molecule has 0 aromatic heterocycles. The van der Waals surface area contributed by atoms with Crippen molar-refractivity contribution in [2.45, 2.75) is 52.2 Å². The van der Waals surface area contributed by atoms with Crippen LogP contribution in [0.1, 0.15) is 40.0 Å². The Morgan fingerprint density at radius 2 is 2.26 bits per heavy atom. The highest BCUT2D eigenvalue weighted by Crippen LogP contribution is 2.25. The lowest BCUT2D eigenvalue weighted by Gasteiger charge is -2.23. The fourth-order valence-electron chi connectivity index (χ4n) is 2.60. The fraction of sp³-hybridized carbons (Fsp3) is 0.800. The van der Waals surface area contributed by atoms with Gasteiger partial charge in [0.15, 0.2) is 0 Å². The van der Waals surface area contributed by atoms with Gasteiger partial charge in [0, 0.05) is 25.1 Å². The molecule has 1 aliphatic heterocycles. The lowest BCUT2D eigenvalue weighted by Crippen LogP contribution is -2.44. The number of carbonyl (C=O) groups is 1. The van der Waals surface area contributed by atoms with E-state index < -0.39 is 0 Å². The van der Waals surface area contributed by atoms with Gasteiger partial charge in [-0.2, -0.15) is 0 Å². The molecule has 2 N–H and O–H groups in total. The Kier molecular flexibility index (Phi) is 6.92. The van der Waals surface area contributed by atoms with Crippen molar-refractivity contribution in [2.75, 3.05) is 13.2 Å². The third kappa shape index (κ3) is 5.23. The average molecular weight is 268 g/mol. The number of ether oxygens (including phenoxy) is 1. The standard InChI is InChI=1S/C15H28N2O2/c1-5-7-13(6-2)17-15(18)16-10-12-8-9-19-14(12)11(3)4/h5,11-14H,1,6-10H2,2-4H3,(H2,16,17,18)/t12-,13+,14-/m1/s1. The van der Waals surface area contributed by atoms with Gasteiger partial charge in [0.2, 0.25) is 0 Å². The van der Waals surface area contributed by atoms with Gasteiger partial charge in [-0.15, -0.1) is 6.58 Å². The summed E-state index contributed by atoms with van der Waals surface area (Å²) in [5.41, 5.74) is 0. The largest absolute Gasteiger partial charge is 0.378 e. The molecule has 110 valence electrons. The molecule has 1 saturated heterocycles. The van der Waals surface area contributed by atoms with Crippen LogP contribution in [0.15, 0.2) is 12.7 Å². The third-order valence-corrected chi connectivity index (χ3v) is 3.72. The second-order valence-electron chi connectivity index (χ2n) is 5.61. The monoisotopic (exact) mass is 268 g/mol. The van der Waals surface area contributed by atoms with Crippen molar-refractivity contribution in [1.29, 1.82) is 0 Å². The van der Waals surface area contributed by atoms with Gasteiger partial charge in [0.1, 0.15) is 0 Å². The lowest BCUT2D eigenvalue weighted by molar-refractivity contribution is 0.0545. The number of urea groups is 1. The van der Waals surface area contributed by atoms with E-state index in [1.54, 1.807) is 0 Å². The van der Waals surface area contributed by atoms with Crippen LogP contribution in [0.3, 0.4) is 0 Å². The van der Waals surface area contributed by atoms with Crippen molar-refractivity contribution in [3.8, 4) is 0 Å². The summed E-state index contributed by atoms with van der Waals surface area (Å²) in [6.07, 6.45) is 4.88. The molecule has 0 saturated carbocycles. The van der Waals surface area contributed by atoms with E-state index in [1.807, 2.05) is 6.08 Å². The van der Waals surface area contributed by atoms with E-state index in [2.05, 4.69) is 38.0 Å². The number of amides is 2. The lowest BCUT2D eigenvalue weighted by atomic mass is 9.93. The molecule has 3 atom stereocenters. The summed E-state index contributed by atoms with van der Waals surface area (Å²) in [5.74, 6) is 0.937. The number of carbonyl (C=O) groups excluding carboxylic acids is 1. The molecular weight excluding hydrogens is 240 g/mol. The van der Waals surface area contributed by atoms with E-state index in [4.69, 9.17) is 4.74 Å². The molecule has 1 aliphatic rings. The van der Waals surface area contributed by atoms with Gasteiger partial charge in [0.25, 0.3) is 0 Å². The molecule has 19 heavy (non-hydrogen) atoms. The maximum atomic E-state index is 11.8. The van der Waals surface area contributed by atoms with Gasteiger partial charge >= 0.3 is 6.03 Å². The van der Waals surface area contributed by atoms with Gasteiger partial charge < -0.3 is 15.4 Å². The first-order valence-corrected chi connectivity index (χ1v) is 7.35. The topological polar surface area (TPSA) is 50.4 Å². The molecular formula is C15H28N2O2. The summed E-state index contributed by atoms with van der Waals surface area (Å²) < 4.78 is 5.72. The Labute approximate surface area is 117 Å². The minimum Gasteiger partial charge on any atom is -0.378 e. The molecule has 0 radical (unpaired) electrons. The molecule has 1 heterocycles. The molecule has 0 bridgehead atoms. The zero-order chi connectivity index (χ0) is 14.3. The smallest absolute Gasteiger partial charge is 0.315 e. The minimum atomic E-state index is -0.0805.